The Morgan fingerprint density at radius 3 is 2.39 bits per heavy atom. The maximum absolute atomic E-state index is 12.3. The molecular weight excluding hydrogens is 306 g/mol. The molecule has 0 radical (unpaired) electrons. The summed E-state index contributed by atoms with van der Waals surface area (Å²) in [7, 11) is 0. The van der Waals surface area contributed by atoms with Crippen LogP contribution in [0.5, 0.6) is 0 Å². The van der Waals surface area contributed by atoms with Gasteiger partial charge in [-0.05, 0) is 45.2 Å². The lowest BCUT2D eigenvalue weighted by atomic mass is 10.0. The molecule has 5 heteroatoms. The Morgan fingerprint density at radius 1 is 1.22 bits per heavy atom. The van der Waals surface area contributed by atoms with Crippen molar-refractivity contribution >= 4 is 22.4 Å². The van der Waals surface area contributed by atoms with Gasteiger partial charge in [0.25, 0.3) is 0 Å². The van der Waals surface area contributed by atoms with Crippen LogP contribution in [0.15, 0.2) is 24.3 Å². The summed E-state index contributed by atoms with van der Waals surface area (Å²) in [5, 5.41) is 6.89. The molecule has 0 bridgehead atoms. The normalized spacial score (nSPS) is 13.6. The molecule has 23 heavy (non-hydrogen) atoms. The number of nitrogens with one attached hydrogen (secondary N) is 2. The van der Waals surface area contributed by atoms with Crippen LogP contribution in [0.4, 0.5) is 5.13 Å². The third-order valence-corrected chi connectivity index (χ3v) is 5.03. The number of hydrogen-bond acceptors (Lipinski definition) is 4. The number of hydrogen-bond donors (Lipinski definition) is 2. The van der Waals surface area contributed by atoms with E-state index in [1.807, 2.05) is 20.8 Å². The first kappa shape index (κ1) is 17.6. The van der Waals surface area contributed by atoms with E-state index >= 15 is 0 Å². The fourth-order valence-electron chi connectivity index (χ4n) is 2.33. The van der Waals surface area contributed by atoms with Gasteiger partial charge in [0, 0.05) is 10.9 Å². The number of aromatic nitrogens is 1. The average Bonchev–Trinajstić information content (AvgIpc) is 2.85. The lowest BCUT2D eigenvalue weighted by molar-refractivity contribution is -0.117. The van der Waals surface area contributed by atoms with Gasteiger partial charge in [-0.2, -0.15) is 0 Å². The summed E-state index contributed by atoms with van der Waals surface area (Å²) < 4.78 is 0. The standard InChI is InChI=1S/C18H25N3OS/c1-6-15-7-9-16(10-8-15)12(3)19-13(4)17(22)21-18-20-11(2)14(5)23-18/h7-10,12-13,19H,6H2,1-5H3,(H,20,21,22). The van der Waals surface area contributed by atoms with Gasteiger partial charge in [-0.1, -0.05) is 31.2 Å². The molecule has 0 spiro atoms. The van der Waals surface area contributed by atoms with Gasteiger partial charge in [0.2, 0.25) is 5.91 Å². The van der Waals surface area contributed by atoms with Crippen LogP contribution in [-0.4, -0.2) is 16.9 Å². The van der Waals surface area contributed by atoms with Gasteiger partial charge in [0.1, 0.15) is 0 Å². The maximum Gasteiger partial charge on any atom is 0.243 e. The Labute approximate surface area is 142 Å². The molecule has 0 saturated carbocycles. The minimum absolute atomic E-state index is 0.0595. The second kappa shape index (κ2) is 7.70. The second-order valence-electron chi connectivity index (χ2n) is 5.86. The summed E-state index contributed by atoms with van der Waals surface area (Å²) in [4.78, 5) is 17.8. The predicted octanol–water partition coefficient (Wildman–Crippen LogP) is 4.00. The molecule has 2 rings (SSSR count). The third kappa shape index (κ3) is 4.62. The van der Waals surface area contributed by atoms with Gasteiger partial charge in [0.15, 0.2) is 5.13 Å². The minimum Gasteiger partial charge on any atom is -0.301 e. The number of aryl methyl sites for hydroxylation is 3. The van der Waals surface area contributed by atoms with Crippen LogP contribution in [0, 0.1) is 13.8 Å². The van der Waals surface area contributed by atoms with Gasteiger partial charge in [-0.15, -0.1) is 11.3 Å². The van der Waals surface area contributed by atoms with Crippen LogP contribution >= 0.6 is 11.3 Å². The van der Waals surface area contributed by atoms with E-state index in [-0.39, 0.29) is 18.0 Å². The molecule has 2 N–H and O–H groups in total. The number of thiazole rings is 1. The van der Waals surface area contributed by atoms with Crippen molar-refractivity contribution in [2.75, 3.05) is 5.32 Å². The minimum atomic E-state index is -0.291. The van der Waals surface area contributed by atoms with Gasteiger partial charge in [-0.25, -0.2) is 4.98 Å². The Kier molecular flexibility index (Phi) is 5.91. The van der Waals surface area contributed by atoms with Crippen molar-refractivity contribution in [3.05, 3.63) is 46.0 Å². The predicted molar refractivity (Wildman–Crippen MR) is 97.1 cm³/mol. The fraction of sp³-hybridized carbons (Fsp3) is 0.444. The number of carbonyl (C=O) groups excluding carboxylic acids is 1. The van der Waals surface area contributed by atoms with E-state index in [2.05, 4.69) is 53.7 Å². The number of carbonyl (C=O) groups is 1. The van der Waals surface area contributed by atoms with Crippen LogP contribution in [0.25, 0.3) is 0 Å². The quantitative estimate of drug-likeness (QED) is 0.841. The first-order valence-corrected chi connectivity index (χ1v) is 8.82. The molecule has 2 unspecified atom stereocenters. The van der Waals surface area contributed by atoms with E-state index < -0.39 is 0 Å². The molecular formula is C18H25N3OS. The van der Waals surface area contributed by atoms with Crippen LogP contribution in [0.2, 0.25) is 0 Å². The van der Waals surface area contributed by atoms with Crippen molar-refractivity contribution in [1.82, 2.24) is 10.3 Å². The topological polar surface area (TPSA) is 54.0 Å². The van der Waals surface area contributed by atoms with Gasteiger partial charge < -0.3 is 5.32 Å². The molecule has 1 amide bonds. The van der Waals surface area contributed by atoms with Crippen LogP contribution in [0.1, 0.15) is 48.5 Å². The molecule has 1 aromatic carbocycles. The highest BCUT2D eigenvalue weighted by atomic mass is 32.1. The summed E-state index contributed by atoms with van der Waals surface area (Å²) in [6.45, 7) is 10.0. The number of rotatable bonds is 6. The Morgan fingerprint density at radius 2 is 1.87 bits per heavy atom. The van der Waals surface area contributed by atoms with Crippen molar-refractivity contribution in [1.29, 1.82) is 0 Å². The molecule has 0 aliphatic heterocycles. The van der Waals surface area contributed by atoms with E-state index in [0.717, 1.165) is 17.0 Å². The Bertz CT molecular complexity index is 644. The van der Waals surface area contributed by atoms with Crippen molar-refractivity contribution < 1.29 is 4.79 Å². The van der Waals surface area contributed by atoms with E-state index in [0.29, 0.717) is 5.13 Å². The zero-order chi connectivity index (χ0) is 17.0. The third-order valence-electron chi connectivity index (χ3n) is 4.04. The number of nitrogens with zero attached hydrogens (tertiary/aromatic N) is 1. The smallest absolute Gasteiger partial charge is 0.243 e. The van der Waals surface area contributed by atoms with Crippen molar-refractivity contribution in [3.63, 3.8) is 0 Å². The maximum atomic E-state index is 12.3. The largest absolute Gasteiger partial charge is 0.301 e. The molecule has 2 atom stereocenters. The first-order chi connectivity index (χ1) is 10.9. The molecule has 0 fully saturated rings. The molecule has 0 aliphatic carbocycles. The van der Waals surface area contributed by atoms with Gasteiger partial charge >= 0.3 is 0 Å². The highest BCUT2D eigenvalue weighted by Crippen LogP contribution is 2.21. The van der Waals surface area contributed by atoms with E-state index in [4.69, 9.17) is 0 Å². The SMILES string of the molecule is CCc1ccc(C(C)NC(C)C(=O)Nc2nc(C)c(C)s2)cc1. The highest BCUT2D eigenvalue weighted by Gasteiger charge is 2.17. The summed E-state index contributed by atoms with van der Waals surface area (Å²) in [6.07, 6.45) is 1.04. The van der Waals surface area contributed by atoms with Crippen molar-refractivity contribution in [2.45, 2.75) is 53.1 Å². The van der Waals surface area contributed by atoms with Crippen molar-refractivity contribution in [3.8, 4) is 0 Å². The average molecular weight is 331 g/mol. The molecule has 1 aromatic heterocycles. The summed E-state index contributed by atoms with van der Waals surface area (Å²) >= 11 is 1.51. The molecule has 4 nitrogen and oxygen atoms in total. The van der Waals surface area contributed by atoms with E-state index in [1.165, 1.54) is 22.5 Å². The van der Waals surface area contributed by atoms with Crippen LogP contribution in [-0.2, 0) is 11.2 Å². The molecule has 0 aliphatic rings. The summed E-state index contributed by atoms with van der Waals surface area (Å²) in [5.74, 6) is -0.0595. The molecule has 124 valence electrons. The second-order valence-corrected chi connectivity index (χ2v) is 7.06. The lowest BCUT2D eigenvalue weighted by Gasteiger charge is -2.19. The molecule has 0 saturated heterocycles. The van der Waals surface area contributed by atoms with Gasteiger partial charge in [0.05, 0.1) is 11.7 Å². The Hall–Kier alpha value is -1.72. The van der Waals surface area contributed by atoms with E-state index in [9.17, 15) is 4.79 Å². The van der Waals surface area contributed by atoms with Crippen LogP contribution in [0.3, 0.4) is 0 Å². The van der Waals surface area contributed by atoms with Crippen LogP contribution < -0.4 is 10.6 Å². The summed E-state index contributed by atoms with van der Waals surface area (Å²) in [5.41, 5.74) is 3.47. The Balaban J connectivity index is 1.93. The van der Waals surface area contributed by atoms with E-state index in [1.54, 1.807) is 0 Å². The summed E-state index contributed by atoms with van der Waals surface area (Å²) in [6, 6.07) is 8.34. The monoisotopic (exact) mass is 331 g/mol. The zero-order valence-corrected chi connectivity index (χ0v) is 15.3. The highest BCUT2D eigenvalue weighted by molar-refractivity contribution is 7.15. The number of anilines is 1. The lowest BCUT2D eigenvalue weighted by Crippen LogP contribution is -2.39. The first-order valence-electron chi connectivity index (χ1n) is 8.00. The molecule has 2 aromatic rings. The fourth-order valence-corrected chi connectivity index (χ4v) is 3.15. The zero-order valence-electron chi connectivity index (χ0n) is 14.4. The number of benzene rings is 1. The van der Waals surface area contributed by atoms with Crippen molar-refractivity contribution in [2.24, 2.45) is 0 Å². The van der Waals surface area contributed by atoms with Gasteiger partial charge in [-0.3, -0.25) is 10.1 Å². The number of amides is 1. The molecule has 1 heterocycles.